The average molecular weight is 323 g/mol. The minimum atomic E-state index is -0.230. The maximum Gasteiger partial charge on any atom is 0.161 e. The molecule has 3 rings (SSSR count). The second-order valence-electron chi connectivity index (χ2n) is 5.46. The van der Waals surface area contributed by atoms with E-state index >= 15 is 0 Å². The van der Waals surface area contributed by atoms with Crippen LogP contribution in [0, 0.1) is 11.3 Å². The summed E-state index contributed by atoms with van der Waals surface area (Å²) in [5, 5.41) is 9.62. The Morgan fingerprint density at radius 2 is 2.14 bits per heavy atom. The number of piperidine rings is 1. The van der Waals surface area contributed by atoms with Gasteiger partial charge in [0.25, 0.3) is 0 Å². The minimum absolute atomic E-state index is 0.209. The molecule has 0 radical (unpaired) electrons. The smallest absolute Gasteiger partial charge is 0.161 e. The molecule has 0 aliphatic carbocycles. The van der Waals surface area contributed by atoms with Crippen molar-refractivity contribution in [3.63, 3.8) is 0 Å². The Bertz CT molecular complexity index is 606. The van der Waals surface area contributed by atoms with Gasteiger partial charge in [0.2, 0.25) is 0 Å². The Hall–Kier alpha value is -1.06. The minimum Gasteiger partial charge on any atom is -0.367 e. The van der Waals surface area contributed by atoms with Crippen LogP contribution in [0.25, 0.3) is 0 Å². The Kier molecular flexibility index (Phi) is 4.23. The Labute approximate surface area is 133 Å². The molecule has 0 saturated carbocycles. The maximum atomic E-state index is 11.4. The Morgan fingerprint density at radius 1 is 1.38 bits per heavy atom. The Balaban J connectivity index is 1.63. The molecule has 110 valence electrons. The molecule has 2 aliphatic rings. The van der Waals surface area contributed by atoms with Crippen LogP contribution in [0.15, 0.2) is 23.1 Å². The first kappa shape index (κ1) is 14.9. The number of ketones is 1. The summed E-state index contributed by atoms with van der Waals surface area (Å²) in [6.07, 6.45) is 2.28. The Morgan fingerprint density at radius 3 is 2.76 bits per heavy atom. The zero-order valence-electron chi connectivity index (χ0n) is 11.5. The number of benzene rings is 1. The van der Waals surface area contributed by atoms with E-state index in [9.17, 15) is 4.79 Å². The monoisotopic (exact) mass is 322 g/mol. The van der Waals surface area contributed by atoms with Crippen molar-refractivity contribution in [3.8, 4) is 6.07 Å². The topological polar surface area (TPSA) is 53.3 Å². The van der Waals surface area contributed by atoms with Gasteiger partial charge >= 0.3 is 0 Å². The first-order valence-corrected chi connectivity index (χ1v) is 8.04. The van der Waals surface area contributed by atoms with Gasteiger partial charge in [-0.1, -0.05) is 11.6 Å². The number of rotatable bonds is 2. The molecule has 6 heteroatoms. The maximum absolute atomic E-state index is 11.4. The molecule has 2 fully saturated rings. The lowest BCUT2D eigenvalue weighted by Gasteiger charge is -2.37. The SMILES string of the molecule is N#Cc1ccc(Cl)c(SN2CCC3(CC2)CC(=O)CO3)c1. The lowest BCUT2D eigenvalue weighted by atomic mass is 9.89. The molecule has 0 unspecified atom stereocenters. The number of hydrogen-bond donors (Lipinski definition) is 0. The van der Waals surface area contributed by atoms with Crippen LogP contribution < -0.4 is 0 Å². The zero-order chi connectivity index (χ0) is 14.9. The third-order valence-corrected chi connectivity index (χ3v) is 5.58. The highest BCUT2D eigenvalue weighted by atomic mass is 35.5. The molecule has 0 bridgehead atoms. The van der Waals surface area contributed by atoms with Crippen LogP contribution in [-0.2, 0) is 9.53 Å². The average Bonchev–Trinajstić information content (AvgIpc) is 2.85. The lowest BCUT2D eigenvalue weighted by molar-refractivity contribution is -0.117. The quantitative estimate of drug-likeness (QED) is 0.783. The van der Waals surface area contributed by atoms with Gasteiger partial charge in [-0.05, 0) is 43.0 Å². The standard InChI is InChI=1S/C15H15ClN2O2S/c16-13-2-1-11(9-17)7-14(13)21-18-5-3-15(4-6-18)8-12(19)10-20-15/h1-2,7H,3-6,8,10H2. The fourth-order valence-electron chi connectivity index (χ4n) is 2.78. The van der Waals surface area contributed by atoms with Crippen LogP contribution in [0.2, 0.25) is 5.02 Å². The molecule has 0 atom stereocenters. The second-order valence-corrected chi connectivity index (χ2v) is 7.01. The summed E-state index contributed by atoms with van der Waals surface area (Å²) in [6, 6.07) is 7.42. The first-order valence-electron chi connectivity index (χ1n) is 6.88. The summed E-state index contributed by atoms with van der Waals surface area (Å²) < 4.78 is 7.92. The fourth-order valence-corrected chi connectivity index (χ4v) is 3.98. The summed E-state index contributed by atoms with van der Waals surface area (Å²) in [4.78, 5) is 12.3. The molecular weight excluding hydrogens is 308 g/mol. The molecule has 1 aromatic carbocycles. The normalized spacial score (nSPS) is 21.6. The van der Waals surface area contributed by atoms with E-state index in [1.807, 2.05) is 6.07 Å². The molecule has 4 nitrogen and oxygen atoms in total. The van der Waals surface area contributed by atoms with Crippen LogP contribution >= 0.6 is 23.5 Å². The van der Waals surface area contributed by atoms with E-state index in [-0.39, 0.29) is 18.0 Å². The van der Waals surface area contributed by atoms with Crippen LogP contribution in [-0.4, -0.2) is 35.4 Å². The van der Waals surface area contributed by atoms with E-state index in [2.05, 4.69) is 10.4 Å². The number of nitrogens with zero attached hydrogens (tertiary/aromatic N) is 2. The van der Waals surface area contributed by atoms with E-state index < -0.39 is 0 Å². The van der Waals surface area contributed by atoms with Gasteiger partial charge in [0.05, 0.1) is 22.3 Å². The van der Waals surface area contributed by atoms with Gasteiger partial charge in [-0.15, -0.1) is 0 Å². The van der Waals surface area contributed by atoms with Gasteiger partial charge in [-0.3, -0.25) is 4.79 Å². The van der Waals surface area contributed by atoms with Gasteiger partial charge < -0.3 is 4.74 Å². The van der Waals surface area contributed by atoms with E-state index in [4.69, 9.17) is 21.6 Å². The number of nitriles is 1. The van der Waals surface area contributed by atoms with Crippen molar-refractivity contribution in [1.82, 2.24) is 4.31 Å². The van der Waals surface area contributed by atoms with Gasteiger partial charge in [-0.25, -0.2) is 4.31 Å². The van der Waals surface area contributed by atoms with Crippen LogP contribution in [0.4, 0.5) is 0 Å². The number of halogens is 1. The van der Waals surface area contributed by atoms with Crippen molar-refractivity contribution < 1.29 is 9.53 Å². The summed E-state index contributed by atoms with van der Waals surface area (Å²) in [7, 11) is 0. The van der Waals surface area contributed by atoms with E-state index in [0.29, 0.717) is 17.0 Å². The van der Waals surface area contributed by atoms with Gasteiger partial charge in [-0.2, -0.15) is 5.26 Å². The fraction of sp³-hybridized carbons (Fsp3) is 0.467. The number of hydrogen-bond acceptors (Lipinski definition) is 5. The summed E-state index contributed by atoms with van der Waals surface area (Å²) in [5.74, 6) is 0.209. The third kappa shape index (κ3) is 3.24. The number of carbonyl (C=O) groups excluding carboxylic acids is 1. The van der Waals surface area contributed by atoms with Crippen LogP contribution in [0.5, 0.6) is 0 Å². The van der Waals surface area contributed by atoms with Crippen molar-refractivity contribution >= 4 is 29.3 Å². The van der Waals surface area contributed by atoms with E-state index in [1.165, 1.54) is 0 Å². The molecule has 2 heterocycles. The molecule has 2 aliphatic heterocycles. The van der Waals surface area contributed by atoms with Crippen molar-refractivity contribution in [3.05, 3.63) is 28.8 Å². The van der Waals surface area contributed by atoms with Crippen molar-refractivity contribution in [2.24, 2.45) is 0 Å². The summed E-state index contributed by atoms with van der Waals surface area (Å²) in [5.41, 5.74) is 0.381. The third-order valence-electron chi connectivity index (χ3n) is 3.98. The summed E-state index contributed by atoms with van der Waals surface area (Å²) in [6.45, 7) is 1.97. The van der Waals surface area contributed by atoms with E-state index in [1.54, 1.807) is 24.1 Å². The lowest BCUT2D eigenvalue weighted by Crippen LogP contribution is -2.41. The van der Waals surface area contributed by atoms with Crippen LogP contribution in [0.1, 0.15) is 24.8 Å². The predicted molar refractivity (Wildman–Crippen MR) is 81.1 cm³/mol. The first-order chi connectivity index (χ1) is 10.1. The molecule has 2 saturated heterocycles. The molecular formula is C15H15ClN2O2S. The highest BCUT2D eigenvalue weighted by molar-refractivity contribution is 7.97. The molecule has 0 amide bonds. The predicted octanol–water partition coefficient (Wildman–Crippen LogP) is 3.04. The largest absolute Gasteiger partial charge is 0.367 e. The molecule has 0 N–H and O–H groups in total. The van der Waals surface area contributed by atoms with E-state index in [0.717, 1.165) is 30.8 Å². The van der Waals surface area contributed by atoms with Crippen molar-refractivity contribution in [2.75, 3.05) is 19.7 Å². The zero-order valence-corrected chi connectivity index (χ0v) is 13.0. The van der Waals surface area contributed by atoms with Crippen molar-refractivity contribution in [2.45, 2.75) is 29.8 Å². The van der Waals surface area contributed by atoms with Crippen molar-refractivity contribution in [1.29, 1.82) is 5.26 Å². The number of Topliss-reactive ketones (excluding diaryl/α,β-unsaturated/α-hetero) is 1. The van der Waals surface area contributed by atoms with Crippen LogP contribution in [0.3, 0.4) is 0 Å². The highest BCUT2D eigenvalue weighted by Gasteiger charge is 2.42. The number of ether oxygens (including phenoxy) is 1. The van der Waals surface area contributed by atoms with Gasteiger partial charge in [0.1, 0.15) is 6.61 Å². The number of carbonyl (C=O) groups is 1. The van der Waals surface area contributed by atoms with Gasteiger partial charge in [0, 0.05) is 24.4 Å². The summed E-state index contributed by atoms with van der Waals surface area (Å²) >= 11 is 7.76. The highest BCUT2D eigenvalue weighted by Crippen LogP contribution is 2.39. The second kappa shape index (κ2) is 5.98. The molecule has 1 aromatic rings. The molecule has 21 heavy (non-hydrogen) atoms. The van der Waals surface area contributed by atoms with Gasteiger partial charge in [0.15, 0.2) is 5.78 Å². The molecule has 1 spiro atoms. The molecule has 0 aromatic heterocycles.